The number of benzene rings is 2. The third kappa shape index (κ3) is 7.35. The number of hydrogen-bond acceptors (Lipinski definition) is 14. The van der Waals surface area contributed by atoms with Gasteiger partial charge in [-0.3, -0.25) is 0 Å². The fraction of sp³-hybridized carbons (Fsp3) is 0.500. The summed E-state index contributed by atoms with van der Waals surface area (Å²) in [5.74, 6) is 0.406. The lowest BCUT2D eigenvalue weighted by atomic mass is 9.99. The van der Waals surface area contributed by atoms with E-state index in [9.17, 15) is 35.7 Å². The van der Waals surface area contributed by atoms with Crippen molar-refractivity contribution in [2.45, 2.75) is 42.9 Å². The van der Waals surface area contributed by atoms with E-state index >= 15 is 0 Å². The Bertz CT molecular complexity index is 1140. The number of methoxy groups -OCH3 is 4. The van der Waals surface area contributed by atoms with Crippen LogP contribution in [0.2, 0.25) is 0 Å². The lowest BCUT2D eigenvalue weighted by molar-refractivity contribution is -0.298. The van der Waals surface area contributed by atoms with Gasteiger partial charge in [0.15, 0.2) is 35.4 Å². The zero-order valence-electron chi connectivity index (χ0n) is 23.6. The minimum atomic E-state index is -1.55. The Morgan fingerprint density at radius 3 is 1.90 bits per heavy atom. The molecule has 0 unspecified atom stereocenters. The van der Waals surface area contributed by atoms with Crippen LogP contribution in [-0.2, 0) is 9.47 Å². The maximum atomic E-state index is 11.0. The van der Waals surface area contributed by atoms with Crippen molar-refractivity contribution in [1.29, 1.82) is 0 Å². The van der Waals surface area contributed by atoms with Crippen LogP contribution in [0.4, 0.5) is 0 Å². The molecule has 14 heteroatoms. The molecule has 1 saturated heterocycles. The zero-order valence-corrected chi connectivity index (χ0v) is 23.6. The number of aliphatic hydroxyl groups excluding tert-OH is 6. The molecule has 14 nitrogen and oxygen atoms in total. The highest BCUT2D eigenvalue weighted by Crippen LogP contribution is 2.43. The Morgan fingerprint density at radius 2 is 1.40 bits per heavy atom. The molecule has 1 aliphatic rings. The molecule has 7 N–H and O–H groups in total. The first kappa shape index (κ1) is 33.2. The second kappa shape index (κ2) is 15.2. The van der Waals surface area contributed by atoms with Crippen molar-refractivity contribution in [3.63, 3.8) is 0 Å². The molecule has 1 fully saturated rings. The highest BCUT2D eigenvalue weighted by Gasteiger charge is 2.43. The van der Waals surface area contributed by atoms with Gasteiger partial charge in [0.05, 0.1) is 48.3 Å². The van der Waals surface area contributed by atoms with Crippen molar-refractivity contribution >= 4 is 6.08 Å². The number of phenolic OH excluding ortho intramolecular Hbond substituents is 1. The van der Waals surface area contributed by atoms with Crippen molar-refractivity contribution in [3.8, 4) is 34.5 Å². The van der Waals surface area contributed by atoms with Crippen molar-refractivity contribution < 1.29 is 68.9 Å². The van der Waals surface area contributed by atoms with E-state index in [4.69, 9.17) is 33.2 Å². The molecular formula is C28H38O14. The van der Waals surface area contributed by atoms with Crippen LogP contribution in [0.1, 0.15) is 17.2 Å². The van der Waals surface area contributed by atoms with E-state index in [-0.39, 0.29) is 46.7 Å². The van der Waals surface area contributed by atoms with Crippen LogP contribution in [0.3, 0.4) is 0 Å². The quantitative estimate of drug-likeness (QED) is 0.150. The summed E-state index contributed by atoms with van der Waals surface area (Å²) in [5.41, 5.74) is 0.833. The van der Waals surface area contributed by atoms with Gasteiger partial charge in [-0.1, -0.05) is 12.2 Å². The molecule has 7 atom stereocenters. The van der Waals surface area contributed by atoms with Crippen molar-refractivity contribution in [1.82, 2.24) is 0 Å². The summed E-state index contributed by atoms with van der Waals surface area (Å²) in [7, 11) is 5.49. The fourth-order valence-corrected chi connectivity index (χ4v) is 4.30. The Morgan fingerprint density at radius 1 is 0.833 bits per heavy atom. The summed E-state index contributed by atoms with van der Waals surface area (Å²) >= 11 is 0. The lowest BCUT2D eigenvalue weighted by Gasteiger charge is -2.39. The van der Waals surface area contributed by atoms with Gasteiger partial charge in [0.1, 0.15) is 30.5 Å². The van der Waals surface area contributed by atoms with Crippen LogP contribution < -0.4 is 23.7 Å². The van der Waals surface area contributed by atoms with Gasteiger partial charge in [0.2, 0.25) is 11.5 Å². The van der Waals surface area contributed by atoms with Crippen LogP contribution >= 0.6 is 0 Å². The van der Waals surface area contributed by atoms with Crippen LogP contribution in [0.25, 0.3) is 6.08 Å². The largest absolute Gasteiger partial charge is 0.502 e. The zero-order chi connectivity index (χ0) is 31.0. The van der Waals surface area contributed by atoms with Crippen molar-refractivity contribution in [2.75, 3.05) is 48.3 Å². The van der Waals surface area contributed by atoms with Crippen LogP contribution in [0.5, 0.6) is 34.5 Å². The molecule has 0 amide bonds. The van der Waals surface area contributed by atoms with Gasteiger partial charge < -0.3 is 68.9 Å². The summed E-state index contributed by atoms with van der Waals surface area (Å²) in [4.78, 5) is 0. The Kier molecular flexibility index (Phi) is 12.0. The third-order valence-electron chi connectivity index (χ3n) is 6.64. The molecule has 0 radical (unpaired) electrons. The lowest BCUT2D eigenvalue weighted by Crippen LogP contribution is -2.59. The minimum absolute atomic E-state index is 0.0573. The molecule has 3 rings (SSSR count). The summed E-state index contributed by atoms with van der Waals surface area (Å²) in [5, 5.41) is 70.5. The number of ether oxygens (including phenoxy) is 7. The molecule has 0 saturated carbocycles. The molecule has 1 aliphatic heterocycles. The van der Waals surface area contributed by atoms with Gasteiger partial charge in [0.25, 0.3) is 0 Å². The maximum Gasteiger partial charge on any atom is 0.204 e. The minimum Gasteiger partial charge on any atom is -0.502 e. The van der Waals surface area contributed by atoms with Crippen molar-refractivity contribution in [2.24, 2.45) is 0 Å². The Labute approximate surface area is 242 Å². The van der Waals surface area contributed by atoms with Crippen molar-refractivity contribution in [3.05, 3.63) is 41.5 Å². The molecule has 0 spiro atoms. The van der Waals surface area contributed by atoms with E-state index in [2.05, 4.69) is 0 Å². The summed E-state index contributed by atoms with van der Waals surface area (Å²) < 4.78 is 38.0. The molecule has 1 heterocycles. The molecule has 2 aromatic carbocycles. The smallest absolute Gasteiger partial charge is 0.204 e. The monoisotopic (exact) mass is 598 g/mol. The topological polar surface area (TPSA) is 206 Å². The highest BCUT2D eigenvalue weighted by atomic mass is 16.7. The average Bonchev–Trinajstić information content (AvgIpc) is 3.01. The first-order valence-electron chi connectivity index (χ1n) is 12.9. The summed E-state index contributed by atoms with van der Waals surface area (Å²) in [6.07, 6.45) is -6.27. The maximum absolute atomic E-state index is 11.0. The first-order chi connectivity index (χ1) is 20.1. The number of rotatable bonds is 14. The van der Waals surface area contributed by atoms with Gasteiger partial charge in [-0.15, -0.1) is 0 Å². The number of phenols is 1. The van der Waals surface area contributed by atoms with Crippen LogP contribution in [0.15, 0.2) is 30.3 Å². The normalized spacial score (nSPS) is 23.8. The molecule has 0 aromatic heterocycles. The average molecular weight is 599 g/mol. The van der Waals surface area contributed by atoms with E-state index in [0.29, 0.717) is 5.56 Å². The van der Waals surface area contributed by atoms with E-state index in [1.54, 1.807) is 24.3 Å². The summed E-state index contributed by atoms with van der Waals surface area (Å²) in [6.45, 7) is -1.24. The van der Waals surface area contributed by atoms with Gasteiger partial charge in [-0.2, -0.15) is 0 Å². The standard InChI is InChI=1S/C28H38O14/c1-36-16-10-15(11-17(37-2)23(16)32)22(31)20(12-29)41-27-18(38-3)8-14(9-19(27)39-4)6-5-7-40-28-26(35)25(34)24(33)21(13-30)42-28/h5-6,8-11,20-22,24-26,28-35H,7,12-13H2,1-4H3/t20-,21-,22+,24-,25+,26-,28-/m1/s1. The molecule has 42 heavy (non-hydrogen) atoms. The highest BCUT2D eigenvalue weighted by molar-refractivity contribution is 5.62. The van der Waals surface area contributed by atoms with E-state index in [1.807, 2.05) is 0 Å². The fourth-order valence-electron chi connectivity index (χ4n) is 4.30. The second-order valence-electron chi connectivity index (χ2n) is 9.25. The number of aromatic hydroxyl groups is 1. The molecule has 2 aromatic rings. The molecule has 0 aliphatic carbocycles. The number of hydrogen-bond donors (Lipinski definition) is 7. The van der Waals surface area contributed by atoms with Crippen LogP contribution in [0, 0.1) is 0 Å². The molecule has 0 bridgehead atoms. The van der Waals surface area contributed by atoms with E-state index in [1.165, 1.54) is 40.6 Å². The van der Waals surface area contributed by atoms with Crippen LogP contribution in [-0.4, -0.2) is 121 Å². The second-order valence-corrected chi connectivity index (χ2v) is 9.25. The predicted molar refractivity (Wildman–Crippen MR) is 146 cm³/mol. The van der Waals surface area contributed by atoms with Gasteiger partial charge >= 0.3 is 0 Å². The van der Waals surface area contributed by atoms with Gasteiger partial charge in [-0.05, 0) is 35.4 Å². The first-order valence-corrected chi connectivity index (χ1v) is 12.9. The molecular weight excluding hydrogens is 560 g/mol. The summed E-state index contributed by atoms with van der Waals surface area (Å²) in [6, 6.07) is 6.00. The van der Waals surface area contributed by atoms with E-state index < -0.39 is 56.1 Å². The Balaban J connectivity index is 1.77. The number of aliphatic hydroxyl groups is 6. The SMILES string of the molecule is COc1cc([C@H](O)[C@@H](CO)Oc2c(OC)cc(C=CCO[C@@H]3O[C@H](CO)[C@@H](O)[C@H](O)[C@H]3O)cc2OC)cc(OC)c1O. The predicted octanol–water partition coefficient (Wildman–Crippen LogP) is -0.270. The van der Waals surface area contributed by atoms with Gasteiger partial charge in [0, 0.05) is 0 Å². The Hall–Kier alpha value is -3.34. The molecule has 234 valence electrons. The van der Waals surface area contributed by atoms with Gasteiger partial charge in [-0.25, -0.2) is 0 Å². The van der Waals surface area contributed by atoms with E-state index in [0.717, 1.165) is 0 Å². The third-order valence-corrected chi connectivity index (χ3v) is 6.64.